The van der Waals surface area contributed by atoms with Crippen LogP contribution < -0.4 is 0 Å². The molecule has 4 heteroatoms. The van der Waals surface area contributed by atoms with Crippen LogP contribution in [0.5, 0.6) is 0 Å². The van der Waals surface area contributed by atoms with E-state index in [2.05, 4.69) is 24.1 Å². The van der Waals surface area contributed by atoms with Crippen molar-refractivity contribution in [3.05, 3.63) is 0 Å². The average molecular weight is 228 g/mol. The van der Waals surface area contributed by atoms with Gasteiger partial charge in [-0.05, 0) is 19.3 Å². The zero-order valence-electron chi connectivity index (χ0n) is 10.6. The molecule has 0 saturated heterocycles. The number of carbonyl (C=O) groups is 1. The second-order valence-electron chi connectivity index (χ2n) is 4.38. The third kappa shape index (κ3) is 8.38. The number of aliphatic carboxylic acids is 1. The predicted octanol–water partition coefficient (Wildman–Crippen LogP) is 3.52. The first-order valence-electron chi connectivity index (χ1n) is 6.17. The normalized spacial score (nSPS) is 15.2. The summed E-state index contributed by atoms with van der Waals surface area (Å²) in [4.78, 5) is 10.4. The van der Waals surface area contributed by atoms with E-state index in [-0.39, 0.29) is 0 Å². The molecule has 2 atom stereocenters. The van der Waals surface area contributed by atoms with Gasteiger partial charge in [0.25, 0.3) is 0 Å². The molecule has 0 fully saturated rings. The Labute approximate surface area is 98.2 Å². The number of hydrogen-bond acceptors (Lipinski definition) is 3. The maximum absolute atomic E-state index is 10.4. The zero-order chi connectivity index (χ0) is 12.4. The third-order valence-corrected chi connectivity index (χ3v) is 2.63. The Morgan fingerprint density at radius 1 is 1.25 bits per heavy atom. The highest BCUT2D eigenvalue weighted by atomic mass is 16.4. The standard InChI is InChI=1S/C12H24N2O2/c1-4-5-6-7-10(2)8-9-13-14-11(3)12(15)16/h10-11H,4-9H2,1-3H3,(H,15,16). The lowest BCUT2D eigenvalue weighted by molar-refractivity contribution is -0.138. The van der Waals surface area contributed by atoms with E-state index in [1.54, 1.807) is 0 Å². The molecule has 0 aromatic carbocycles. The van der Waals surface area contributed by atoms with Crippen molar-refractivity contribution in [2.45, 2.75) is 58.9 Å². The maximum atomic E-state index is 10.4. The highest BCUT2D eigenvalue weighted by molar-refractivity contribution is 5.72. The first kappa shape index (κ1) is 15.1. The van der Waals surface area contributed by atoms with E-state index in [9.17, 15) is 4.79 Å². The van der Waals surface area contributed by atoms with Crippen LogP contribution in [-0.2, 0) is 4.79 Å². The van der Waals surface area contributed by atoms with Gasteiger partial charge in [-0.3, -0.25) is 0 Å². The number of nitrogens with zero attached hydrogens (tertiary/aromatic N) is 2. The number of azo groups is 1. The van der Waals surface area contributed by atoms with Crippen LogP contribution in [0.4, 0.5) is 0 Å². The zero-order valence-corrected chi connectivity index (χ0v) is 10.6. The van der Waals surface area contributed by atoms with Crippen molar-refractivity contribution in [2.24, 2.45) is 16.1 Å². The molecule has 0 aromatic heterocycles. The van der Waals surface area contributed by atoms with Crippen molar-refractivity contribution in [3.63, 3.8) is 0 Å². The molecule has 0 aliphatic heterocycles. The van der Waals surface area contributed by atoms with Gasteiger partial charge in [-0.1, -0.05) is 39.5 Å². The van der Waals surface area contributed by atoms with E-state index >= 15 is 0 Å². The molecule has 94 valence electrons. The average Bonchev–Trinajstić information content (AvgIpc) is 2.24. The summed E-state index contributed by atoms with van der Waals surface area (Å²) in [5, 5.41) is 16.2. The summed E-state index contributed by atoms with van der Waals surface area (Å²) in [6.07, 6.45) is 6.06. The van der Waals surface area contributed by atoms with E-state index in [1.807, 2.05) is 0 Å². The second kappa shape index (κ2) is 9.31. The second-order valence-corrected chi connectivity index (χ2v) is 4.38. The van der Waals surface area contributed by atoms with Crippen molar-refractivity contribution in [3.8, 4) is 0 Å². The monoisotopic (exact) mass is 228 g/mol. The van der Waals surface area contributed by atoms with Gasteiger partial charge >= 0.3 is 5.97 Å². The van der Waals surface area contributed by atoms with Crippen molar-refractivity contribution < 1.29 is 9.90 Å². The van der Waals surface area contributed by atoms with Gasteiger partial charge in [-0.15, -0.1) is 0 Å². The lowest BCUT2D eigenvalue weighted by atomic mass is 10.0. The highest BCUT2D eigenvalue weighted by Crippen LogP contribution is 2.12. The molecular weight excluding hydrogens is 204 g/mol. The minimum atomic E-state index is -0.917. The minimum absolute atomic E-state index is 0.644. The van der Waals surface area contributed by atoms with Crippen molar-refractivity contribution in [1.82, 2.24) is 0 Å². The Bertz CT molecular complexity index is 217. The van der Waals surface area contributed by atoms with Crippen molar-refractivity contribution in [1.29, 1.82) is 0 Å². The van der Waals surface area contributed by atoms with Gasteiger partial charge in [0, 0.05) is 0 Å². The molecule has 2 unspecified atom stereocenters. The Kier molecular flexibility index (Phi) is 8.77. The summed E-state index contributed by atoms with van der Waals surface area (Å²) >= 11 is 0. The van der Waals surface area contributed by atoms with Crippen LogP contribution in [0.2, 0.25) is 0 Å². The van der Waals surface area contributed by atoms with Crippen LogP contribution in [0.1, 0.15) is 52.9 Å². The summed E-state index contributed by atoms with van der Waals surface area (Å²) in [7, 11) is 0. The van der Waals surface area contributed by atoms with E-state index < -0.39 is 12.0 Å². The maximum Gasteiger partial charge on any atom is 0.330 e. The summed E-state index contributed by atoms with van der Waals surface area (Å²) in [5.74, 6) is -0.259. The van der Waals surface area contributed by atoms with Crippen molar-refractivity contribution in [2.75, 3.05) is 6.54 Å². The van der Waals surface area contributed by atoms with Crippen LogP contribution >= 0.6 is 0 Å². The number of carboxylic acid groups (broad SMARTS) is 1. The quantitative estimate of drug-likeness (QED) is 0.485. The fourth-order valence-electron chi connectivity index (χ4n) is 1.39. The number of rotatable bonds is 9. The summed E-state index contributed by atoms with van der Waals surface area (Å²) in [5.41, 5.74) is 0. The van der Waals surface area contributed by atoms with E-state index in [4.69, 9.17) is 5.11 Å². The summed E-state index contributed by atoms with van der Waals surface area (Å²) < 4.78 is 0. The molecule has 0 aliphatic carbocycles. The largest absolute Gasteiger partial charge is 0.480 e. The van der Waals surface area contributed by atoms with Crippen LogP contribution in [0.25, 0.3) is 0 Å². The van der Waals surface area contributed by atoms with Crippen LogP contribution in [0.3, 0.4) is 0 Å². The Morgan fingerprint density at radius 3 is 2.50 bits per heavy atom. The lowest BCUT2D eigenvalue weighted by Gasteiger charge is -2.08. The van der Waals surface area contributed by atoms with Crippen LogP contribution in [0, 0.1) is 5.92 Å². The third-order valence-electron chi connectivity index (χ3n) is 2.63. The Hall–Kier alpha value is -0.930. The van der Waals surface area contributed by atoms with E-state index in [1.165, 1.54) is 32.6 Å². The molecular formula is C12H24N2O2. The van der Waals surface area contributed by atoms with Gasteiger partial charge in [-0.2, -0.15) is 10.2 Å². The molecule has 0 aromatic rings. The predicted molar refractivity (Wildman–Crippen MR) is 64.7 cm³/mol. The van der Waals surface area contributed by atoms with Gasteiger partial charge in [0.2, 0.25) is 0 Å². The molecule has 0 spiro atoms. The first-order valence-corrected chi connectivity index (χ1v) is 6.17. The molecule has 0 bridgehead atoms. The van der Waals surface area contributed by atoms with Gasteiger partial charge < -0.3 is 5.11 Å². The summed E-state index contributed by atoms with van der Waals surface area (Å²) in [6.45, 7) is 6.60. The number of unbranched alkanes of at least 4 members (excludes halogenated alkanes) is 2. The molecule has 0 amide bonds. The van der Waals surface area contributed by atoms with E-state index in [0.717, 1.165) is 6.42 Å². The summed E-state index contributed by atoms with van der Waals surface area (Å²) in [6, 6.07) is -0.713. The first-order chi connectivity index (χ1) is 7.57. The highest BCUT2D eigenvalue weighted by Gasteiger charge is 2.07. The fourth-order valence-corrected chi connectivity index (χ4v) is 1.39. The van der Waals surface area contributed by atoms with Crippen LogP contribution in [0.15, 0.2) is 10.2 Å². The van der Waals surface area contributed by atoms with Crippen molar-refractivity contribution >= 4 is 5.97 Å². The van der Waals surface area contributed by atoms with E-state index in [0.29, 0.717) is 12.5 Å². The Balaban J connectivity index is 3.53. The molecule has 0 heterocycles. The minimum Gasteiger partial charge on any atom is -0.480 e. The van der Waals surface area contributed by atoms with Gasteiger partial charge in [-0.25, -0.2) is 4.79 Å². The fraction of sp³-hybridized carbons (Fsp3) is 0.917. The lowest BCUT2D eigenvalue weighted by Crippen LogP contribution is -2.12. The topological polar surface area (TPSA) is 62.0 Å². The number of hydrogen-bond donors (Lipinski definition) is 1. The smallest absolute Gasteiger partial charge is 0.330 e. The molecule has 1 N–H and O–H groups in total. The molecule has 16 heavy (non-hydrogen) atoms. The van der Waals surface area contributed by atoms with Gasteiger partial charge in [0.15, 0.2) is 6.04 Å². The molecule has 0 radical (unpaired) electrons. The molecule has 0 rings (SSSR count). The van der Waals surface area contributed by atoms with Gasteiger partial charge in [0.1, 0.15) is 0 Å². The van der Waals surface area contributed by atoms with Gasteiger partial charge in [0.05, 0.1) is 6.54 Å². The molecule has 4 nitrogen and oxygen atoms in total. The molecule has 0 aliphatic rings. The molecule has 0 saturated carbocycles. The SMILES string of the molecule is CCCCCC(C)CCN=NC(C)C(=O)O. The number of carboxylic acids is 1. The van der Waals surface area contributed by atoms with Crippen LogP contribution in [-0.4, -0.2) is 23.7 Å². The Morgan fingerprint density at radius 2 is 1.94 bits per heavy atom.